The average molecular weight is 484 g/mol. The van der Waals surface area contributed by atoms with E-state index in [1.54, 1.807) is 29.2 Å². The molecule has 4 atom stereocenters. The summed E-state index contributed by atoms with van der Waals surface area (Å²) in [5.74, 6) is -1.89. The van der Waals surface area contributed by atoms with Crippen LogP contribution in [0.1, 0.15) is 12.5 Å². The van der Waals surface area contributed by atoms with Gasteiger partial charge in [-0.1, -0.05) is 46.3 Å². The lowest BCUT2D eigenvalue weighted by molar-refractivity contribution is -0.132. The van der Waals surface area contributed by atoms with E-state index >= 15 is 0 Å². The van der Waals surface area contributed by atoms with Crippen LogP contribution in [0.4, 0.5) is 11.4 Å². The van der Waals surface area contributed by atoms with Crippen molar-refractivity contribution in [1.82, 2.24) is 5.32 Å². The lowest BCUT2D eigenvalue weighted by Crippen LogP contribution is -2.55. The SMILES string of the molecule is COc1ccccc1N1C(=O)[C@H]2[C@H](C)N[C@]3(C(=O)N(CCBr)c4ccccc43)[C@@H]2C1=O. The van der Waals surface area contributed by atoms with E-state index in [-0.39, 0.29) is 23.8 Å². The summed E-state index contributed by atoms with van der Waals surface area (Å²) in [4.78, 5) is 44.1. The Bertz CT molecular complexity index is 1110. The number of anilines is 2. The van der Waals surface area contributed by atoms with Crippen LogP contribution in [0.5, 0.6) is 5.75 Å². The van der Waals surface area contributed by atoms with Crippen molar-refractivity contribution in [3.05, 3.63) is 54.1 Å². The van der Waals surface area contributed by atoms with E-state index in [1.165, 1.54) is 12.0 Å². The van der Waals surface area contributed by atoms with Gasteiger partial charge in [0.1, 0.15) is 11.3 Å². The Balaban J connectivity index is 1.67. The van der Waals surface area contributed by atoms with Crippen LogP contribution in [-0.2, 0) is 19.9 Å². The van der Waals surface area contributed by atoms with Gasteiger partial charge >= 0.3 is 0 Å². The molecule has 3 aliphatic heterocycles. The van der Waals surface area contributed by atoms with Crippen molar-refractivity contribution < 1.29 is 19.1 Å². The van der Waals surface area contributed by atoms with Gasteiger partial charge in [0.2, 0.25) is 11.8 Å². The number of carbonyl (C=O) groups is 3. The molecule has 0 radical (unpaired) electrons. The first-order chi connectivity index (χ1) is 15.0. The molecule has 160 valence electrons. The molecule has 0 saturated carbocycles. The Kier molecular flexibility index (Phi) is 4.67. The normalized spacial score (nSPS) is 29.1. The summed E-state index contributed by atoms with van der Waals surface area (Å²) < 4.78 is 5.40. The molecule has 3 heterocycles. The third-order valence-corrected chi connectivity index (χ3v) is 7.00. The molecule has 7 nitrogen and oxygen atoms in total. The number of ether oxygens (including phenoxy) is 1. The Morgan fingerprint density at radius 1 is 1.03 bits per heavy atom. The molecule has 3 aliphatic rings. The third kappa shape index (κ3) is 2.52. The fourth-order valence-corrected chi connectivity index (χ4v) is 5.82. The Morgan fingerprint density at radius 3 is 2.42 bits per heavy atom. The fourth-order valence-electron chi connectivity index (χ4n) is 5.47. The van der Waals surface area contributed by atoms with Gasteiger partial charge in [0, 0.05) is 29.2 Å². The number of imide groups is 1. The average Bonchev–Trinajstić information content (AvgIpc) is 3.32. The van der Waals surface area contributed by atoms with E-state index in [0.29, 0.717) is 23.3 Å². The summed E-state index contributed by atoms with van der Waals surface area (Å²) >= 11 is 3.42. The van der Waals surface area contributed by atoms with Crippen LogP contribution >= 0.6 is 15.9 Å². The highest BCUT2D eigenvalue weighted by atomic mass is 79.9. The van der Waals surface area contributed by atoms with E-state index < -0.39 is 17.4 Å². The molecule has 2 fully saturated rings. The molecule has 1 N–H and O–H groups in total. The zero-order valence-corrected chi connectivity index (χ0v) is 18.8. The van der Waals surface area contributed by atoms with Crippen molar-refractivity contribution in [2.24, 2.45) is 11.8 Å². The summed E-state index contributed by atoms with van der Waals surface area (Å²) in [7, 11) is 1.51. The first kappa shape index (κ1) is 20.2. The van der Waals surface area contributed by atoms with Gasteiger partial charge in [0.05, 0.1) is 24.6 Å². The number of fused-ring (bicyclic) bond motifs is 4. The zero-order valence-electron chi connectivity index (χ0n) is 17.2. The molecule has 0 bridgehead atoms. The Hall–Kier alpha value is -2.71. The van der Waals surface area contributed by atoms with Crippen molar-refractivity contribution in [2.45, 2.75) is 18.5 Å². The second-order valence-electron chi connectivity index (χ2n) is 8.09. The minimum absolute atomic E-state index is 0.185. The van der Waals surface area contributed by atoms with Crippen LogP contribution < -0.4 is 19.9 Å². The minimum atomic E-state index is -1.26. The monoisotopic (exact) mass is 483 g/mol. The fraction of sp³-hybridized carbons (Fsp3) is 0.348. The van der Waals surface area contributed by atoms with Gasteiger partial charge < -0.3 is 9.64 Å². The molecule has 0 aromatic heterocycles. The topological polar surface area (TPSA) is 79.0 Å². The number of para-hydroxylation sites is 3. The standard InChI is InChI=1S/C23H22BrN3O4/c1-13-18-19(21(29)27(20(18)28)16-9-5-6-10-17(16)31-2)23(25-13)14-7-3-4-8-15(14)26(12-11-24)22(23)30/h3-10,13,18-19,25H,11-12H2,1-2H3/t13-,18-,19-,23-/m0/s1. The predicted molar refractivity (Wildman–Crippen MR) is 119 cm³/mol. The van der Waals surface area contributed by atoms with Crippen LogP contribution in [0.25, 0.3) is 0 Å². The number of halogens is 1. The van der Waals surface area contributed by atoms with E-state index in [0.717, 1.165) is 11.3 Å². The van der Waals surface area contributed by atoms with Crippen molar-refractivity contribution in [3.8, 4) is 5.75 Å². The quantitative estimate of drug-likeness (QED) is 0.533. The van der Waals surface area contributed by atoms with Crippen molar-refractivity contribution in [2.75, 3.05) is 28.8 Å². The van der Waals surface area contributed by atoms with Crippen LogP contribution in [0.2, 0.25) is 0 Å². The van der Waals surface area contributed by atoms with Crippen molar-refractivity contribution >= 4 is 45.0 Å². The van der Waals surface area contributed by atoms with Crippen molar-refractivity contribution in [3.63, 3.8) is 0 Å². The van der Waals surface area contributed by atoms with Gasteiger partial charge in [0.25, 0.3) is 5.91 Å². The first-order valence-corrected chi connectivity index (χ1v) is 11.4. The molecule has 8 heteroatoms. The molecule has 0 unspecified atom stereocenters. The largest absolute Gasteiger partial charge is 0.495 e. The lowest BCUT2D eigenvalue weighted by atomic mass is 9.76. The number of hydrogen-bond donors (Lipinski definition) is 1. The number of carbonyl (C=O) groups excluding carboxylic acids is 3. The number of nitrogens with one attached hydrogen (secondary N) is 1. The number of benzene rings is 2. The van der Waals surface area contributed by atoms with Crippen molar-refractivity contribution in [1.29, 1.82) is 0 Å². The smallest absolute Gasteiger partial charge is 0.252 e. The van der Waals surface area contributed by atoms with E-state index in [9.17, 15) is 14.4 Å². The molecule has 1 spiro atoms. The number of methoxy groups -OCH3 is 1. The number of hydrogen-bond acceptors (Lipinski definition) is 5. The summed E-state index contributed by atoms with van der Waals surface area (Å²) in [6, 6.07) is 14.1. The zero-order chi connectivity index (χ0) is 21.9. The van der Waals surface area contributed by atoms with E-state index in [2.05, 4.69) is 21.2 Å². The van der Waals surface area contributed by atoms with Crippen LogP contribution in [0, 0.1) is 11.8 Å². The van der Waals surface area contributed by atoms with Crippen LogP contribution in [0.15, 0.2) is 48.5 Å². The van der Waals surface area contributed by atoms with E-state index in [1.807, 2.05) is 31.2 Å². The van der Waals surface area contributed by atoms with Gasteiger partial charge in [-0.25, -0.2) is 4.90 Å². The Labute approximate surface area is 188 Å². The van der Waals surface area contributed by atoms with Crippen LogP contribution in [0.3, 0.4) is 0 Å². The molecular weight excluding hydrogens is 462 g/mol. The molecule has 3 amide bonds. The summed E-state index contributed by atoms with van der Waals surface area (Å²) in [6.07, 6.45) is 0. The third-order valence-electron chi connectivity index (χ3n) is 6.65. The van der Waals surface area contributed by atoms with Gasteiger partial charge in [0.15, 0.2) is 0 Å². The molecule has 0 aliphatic carbocycles. The van der Waals surface area contributed by atoms with Gasteiger partial charge in [-0.2, -0.15) is 0 Å². The number of amides is 3. The lowest BCUT2D eigenvalue weighted by Gasteiger charge is -2.30. The van der Waals surface area contributed by atoms with Gasteiger partial charge in [-0.05, 0) is 25.1 Å². The van der Waals surface area contributed by atoms with Crippen LogP contribution in [-0.4, -0.2) is 42.7 Å². The maximum atomic E-state index is 13.8. The second kappa shape index (κ2) is 7.17. The maximum absolute atomic E-state index is 13.8. The summed E-state index contributed by atoms with van der Waals surface area (Å²) in [5.41, 5.74) is 0.686. The van der Waals surface area contributed by atoms with Gasteiger partial charge in [-0.15, -0.1) is 0 Å². The van der Waals surface area contributed by atoms with E-state index in [4.69, 9.17) is 4.74 Å². The second-order valence-corrected chi connectivity index (χ2v) is 8.88. The Morgan fingerprint density at radius 2 is 1.71 bits per heavy atom. The molecule has 5 rings (SSSR count). The number of alkyl halides is 1. The molecular formula is C23H22BrN3O4. The highest BCUT2D eigenvalue weighted by Gasteiger charge is 2.71. The molecule has 2 saturated heterocycles. The number of nitrogens with zero attached hydrogens (tertiary/aromatic N) is 2. The first-order valence-electron chi connectivity index (χ1n) is 10.2. The number of rotatable bonds is 4. The van der Waals surface area contributed by atoms with Gasteiger partial charge in [-0.3, -0.25) is 19.7 Å². The summed E-state index contributed by atoms with van der Waals surface area (Å²) in [5, 5.41) is 3.99. The molecule has 31 heavy (non-hydrogen) atoms. The predicted octanol–water partition coefficient (Wildman–Crippen LogP) is 2.43. The summed E-state index contributed by atoms with van der Waals surface area (Å²) in [6.45, 7) is 2.34. The molecule has 2 aromatic carbocycles. The minimum Gasteiger partial charge on any atom is -0.495 e. The highest BCUT2D eigenvalue weighted by molar-refractivity contribution is 9.09. The molecule has 2 aromatic rings. The maximum Gasteiger partial charge on any atom is 0.252 e. The highest BCUT2D eigenvalue weighted by Crippen LogP contribution is 2.55.